The maximum atomic E-state index is 15.6. The summed E-state index contributed by atoms with van der Waals surface area (Å²) in [7, 11) is 0.594. The van der Waals surface area contributed by atoms with Crippen molar-refractivity contribution in [3.05, 3.63) is 86.3 Å². The summed E-state index contributed by atoms with van der Waals surface area (Å²) >= 11 is 0. The van der Waals surface area contributed by atoms with Crippen LogP contribution in [0.25, 0.3) is 11.1 Å². The molecule has 48 heavy (non-hydrogen) atoms. The van der Waals surface area contributed by atoms with Crippen molar-refractivity contribution in [2.75, 3.05) is 26.2 Å². The van der Waals surface area contributed by atoms with Gasteiger partial charge in [0.15, 0.2) is 17.4 Å². The highest BCUT2D eigenvalue weighted by atomic mass is 28.1. The molecule has 1 saturated heterocycles. The molecule has 7 nitrogen and oxygen atoms in total. The number of carbonyl (C=O) groups excluding carboxylic acids is 2. The molecular formula is C37H48F3N3O4Si. The van der Waals surface area contributed by atoms with Crippen LogP contribution in [0.3, 0.4) is 0 Å². The monoisotopic (exact) mass is 683 g/mol. The second-order valence-corrected chi connectivity index (χ2v) is 14.9. The summed E-state index contributed by atoms with van der Waals surface area (Å²) in [6.45, 7) is 12.7. The molecule has 3 atom stereocenters. The summed E-state index contributed by atoms with van der Waals surface area (Å²) in [5.74, 6) is -3.71. The van der Waals surface area contributed by atoms with Crippen molar-refractivity contribution in [2.24, 2.45) is 5.92 Å². The number of benzene rings is 2. The molecule has 0 amide bonds. The molecule has 2 aromatic carbocycles. The molecule has 1 aromatic heterocycles. The number of alkyl halides is 1. The topological polar surface area (TPSA) is 81.5 Å². The van der Waals surface area contributed by atoms with Gasteiger partial charge in [-0.25, -0.2) is 17.9 Å². The van der Waals surface area contributed by atoms with Crippen molar-refractivity contribution in [1.82, 2.24) is 14.7 Å². The lowest BCUT2D eigenvalue weighted by Crippen LogP contribution is -2.49. The molecule has 4 rings (SSSR count). The number of halogens is 3. The quantitative estimate of drug-likeness (QED) is 0.150. The number of likely N-dealkylation sites (tertiary alicyclic amines) is 1. The second-order valence-electron chi connectivity index (χ2n) is 13.6. The lowest BCUT2D eigenvalue weighted by molar-refractivity contribution is -0.143. The Morgan fingerprint density at radius 3 is 2.33 bits per heavy atom. The van der Waals surface area contributed by atoms with E-state index < -0.39 is 35.7 Å². The Morgan fingerprint density at radius 2 is 1.73 bits per heavy atom. The number of carbonyl (C=O) groups is 2. The van der Waals surface area contributed by atoms with Crippen LogP contribution in [0.5, 0.6) is 0 Å². The van der Waals surface area contributed by atoms with Crippen molar-refractivity contribution in [1.29, 1.82) is 0 Å². The SMILES string of the molecule is CCOC(=O)C[C@H](CCC(=O)[C@H](C([SiH3])C(C)C)n1nc(CCN2CC(F)C2)c(C)cc1=O)c1cc(-c2c(C)cccc2C)cc(F)c1F. The molecule has 0 bridgehead atoms. The van der Waals surface area contributed by atoms with Crippen molar-refractivity contribution in [3.8, 4) is 11.1 Å². The Bertz CT molecular complexity index is 1670. The molecule has 260 valence electrons. The van der Waals surface area contributed by atoms with Crippen LogP contribution in [0.2, 0.25) is 5.54 Å². The predicted octanol–water partition coefficient (Wildman–Crippen LogP) is 5.75. The Morgan fingerprint density at radius 1 is 1.06 bits per heavy atom. The van der Waals surface area contributed by atoms with Crippen LogP contribution in [0.15, 0.2) is 41.2 Å². The van der Waals surface area contributed by atoms with Crippen LogP contribution in [0.1, 0.15) is 79.9 Å². The fourth-order valence-corrected chi connectivity index (χ4v) is 7.24. The summed E-state index contributed by atoms with van der Waals surface area (Å²) in [6, 6.07) is 9.07. The van der Waals surface area contributed by atoms with E-state index in [4.69, 9.17) is 9.84 Å². The fourth-order valence-electron chi connectivity index (χ4n) is 6.58. The highest BCUT2D eigenvalue weighted by Crippen LogP contribution is 2.37. The first-order valence-electron chi connectivity index (χ1n) is 16.9. The number of hydrogen-bond donors (Lipinski definition) is 0. The van der Waals surface area contributed by atoms with Gasteiger partial charge in [0.1, 0.15) is 12.2 Å². The zero-order chi connectivity index (χ0) is 35.3. The molecule has 0 saturated carbocycles. The van der Waals surface area contributed by atoms with Gasteiger partial charge in [-0.15, -0.1) is 0 Å². The number of aryl methyl sites for hydroxylation is 3. The van der Waals surface area contributed by atoms with Crippen molar-refractivity contribution in [2.45, 2.75) is 90.9 Å². The van der Waals surface area contributed by atoms with Crippen LogP contribution in [-0.2, 0) is 20.7 Å². The molecule has 0 N–H and O–H groups in total. The summed E-state index contributed by atoms with van der Waals surface area (Å²) < 4.78 is 50.7. The van der Waals surface area contributed by atoms with E-state index in [0.717, 1.165) is 22.8 Å². The predicted molar refractivity (Wildman–Crippen MR) is 185 cm³/mol. The van der Waals surface area contributed by atoms with Gasteiger partial charge in [-0.05, 0) is 97.0 Å². The van der Waals surface area contributed by atoms with Gasteiger partial charge in [-0.2, -0.15) is 5.10 Å². The number of esters is 1. The summed E-state index contributed by atoms with van der Waals surface area (Å²) in [5, 5.41) is 4.69. The van der Waals surface area contributed by atoms with Gasteiger partial charge in [0.05, 0.1) is 18.7 Å². The molecule has 0 radical (unpaired) electrons. The zero-order valence-electron chi connectivity index (χ0n) is 29.1. The Balaban J connectivity index is 1.68. The minimum atomic E-state index is -1.06. The highest BCUT2D eigenvalue weighted by Gasteiger charge is 2.33. The van der Waals surface area contributed by atoms with Gasteiger partial charge < -0.3 is 4.74 Å². The minimum Gasteiger partial charge on any atom is -0.466 e. The van der Waals surface area contributed by atoms with E-state index in [1.807, 2.05) is 50.8 Å². The first-order chi connectivity index (χ1) is 22.7. The third-order valence-electron chi connectivity index (χ3n) is 9.69. The van der Waals surface area contributed by atoms with Gasteiger partial charge in [0, 0.05) is 48.8 Å². The maximum absolute atomic E-state index is 15.6. The standard InChI is InChI=1S/C37H48F3N3O4Si/c1-7-47-33(46)18-25(28-16-26(17-29(39)35(28)40)34-22(4)9-8-10-23(34)5)11-12-31(44)36(37(48)21(2)3)43-32(45)15-24(6)30(41-43)13-14-42-19-27(38)20-42/h8-10,15-17,21,25,27,36-37H,7,11-14,18-20H2,1-6,48H3/t25-,36+,37?/m0/s1. The van der Waals surface area contributed by atoms with Crippen LogP contribution in [0.4, 0.5) is 13.2 Å². The lowest BCUT2D eigenvalue weighted by atomic mass is 9.85. The first-order valence-corrected chi connectivity index (χ1v) is 18.1. The van der Waals surface area contributed by atoms with Gasteiger partial charge in [0.25, 0.3) is 5.56 Å². The van der Waals surface area contributed by atoms with Gasteiger partial charge in [-0.3, -0.25) is 19.3 Å². The smallest absolute Gasteiger partial charge is 0.306 e. The van der Waals surface area contributed by atoms with Crippen LogP contribution in [-0.4, -0.2) is 69.1 Å². The molecular weight excluding hydrogens is 636 g/mol. The maximum Gasteiger partial charge on any atom is 0.306 e. The van der Waals surface area contributed by atoms with Crippen LogP contribution in [0, 0.1) is 38.3 Å². The number of hydrogen-bond acceptors (Lipinski definition) is 6. The molecule has 11 heteroatoms. The van der Waals surface area contributed by atoms with Crippen LogP contribution < -0.4 is 5.56 Å². The molecule has 1 aliphatic rings. The fraction of sp³-hybridized carbons (Fsp3) is 0.514. The summed E-state index contributed by atoms with van der Waals surface area (Å²) in [5.41, 5.74) is 3.91. The van der Waals surface area contributed by atoms with E-state index in [1.165, 1.54) is 10.7 Å². The minimum absolute atomic E-state index is 0.00534. The van der Waals surface area contributed by atoms with Crippen molar-refractivity contribution in [3.63, 3.8) is 0 Å². The largest absolute Gasteiger partial charge is 0.466 e. The molecule has 1 fully saturated rings. The average molecular weight is 684 g/mol. The summed E-state index contributed by atoms with van der Waals surface area (Å²) in [6.07, 6.45) is -0.594. The van der Waals surface area contributed by atoms with E-state index in [2.05, 4.69) is 0 Å². The van der Waals surface area contributed by atoms with E-state index in [-0.39, 0.29) is 54.2 Å². The molecule has 0 spiro atoms. The number of nitrogens with zero attached hydrogens (tertiary/aromatic N) is 3. The molecule has 1 unspecified atom stereocenters. The zero-order valence-corrected chi connectivity index (χ0v) is 31.1. The number of Topliss-reactive ketones (excluding diaryl/α,β-unsaturated/α-hetero) is 1. The van der Waals surface area contributed by atoms with Gasteiger partial charge in [-0.1, -0.05) is 32.0 Å². The molecule has 3 aromatic rings. The Kier molecular flexibility index (Phi) is 12.6. The van der Waals surface area contributed by atoms with Gasteiger partial charge in [0.2, 0.25) is 0 Å². The first kappa shape index (κ1) is 37.2. The van der Waals surface area contributed by atoms with E-state index in [1.54, 1.807) is 19.9 Å². The van der Waals surface area contributed by atoms with Crippen molar-refractivity contribution >= 4 is 22.0 Å². The third-order valence-corrected chi connectivity index (χ3v) is 11.7. The third kappa shape index (κ3) is 8.71. The average Bonchev–Trinajstić information content (AvgIpc) is 3.00. The molecule has 0 aliphatic carbocycles. The number of rotatable bonds is 15. The van der Waals surface area contributed by atoms with E-state index in [9.17, 15) is 18.8 Å². The van der Waals surface area contributed by atoms with E-state index in [0.29, 0.717) is 53.1 Å². The second kappa shape index (κ2) is 16.2. The van der Waals surface area contributed by atoms with Crippen LogP contribution >= 0.6 is 0 Å². The number of aromatic nitrogens is 2. The molecule has 2 heterocycles. The van der Waals surface area contributed by atoms with Gasteiger partial charge >= 0.3 is 5.97 Å². The van der Waals surface area contributed by atoms with E-state index >= 15 is 8.78 Å². The van der Waals surface area contributed by atoms with Crippen molar-refractivity contribution < 1.29 is 27.5 Å². The lowest BCUT2D eigenvalue weighted by Gasteiger charge is -2.34. The Hall–Kier alpha value is -3.57. The number of ether oxygens (including phenoxy) is 1. The number of ketones is 1. The summed E-state index contributed by atoms with van der Waals surface area (Å²) in [4.78, 5) is 42.2. The highest BCUT2D eigenvalue weighted by molar-refractivity contribution is 6.14. The molecule has 1 aliphatic heterocycles. The Labute approximate surface area is 284 Å². The normalized spacial score (nSPS) is 15.7.